The Kier molecular flexibility index (Phi) is 4.90. The molecule has 4 rings (SSSR count). The van der Waals surface area contributed by atoms with Crippen molar-refractivity contribution in [3.05, 3.63) is 101 Å². The maximum atomic E-state index is 13.1. The van der Waals surface area contributed by atoms with Gasteiger partial charge in [0, 0.05) is 17.5 Å². The van der Waals surface area contributed by atoms with Crippen LogP contribution in [0, 0.1) is 13.8 Å². The van der Waals surface area contributed by atoms with Gasteiger partial charge < -0.3 is 5.32 Å². The summed E-state index contributed by atoms with van der Waals surface area (Å²) >= 11 is 0. The van der Waals surface area contributed by atoms with Crippen LogP contribution in [0.25, 0.3) is 22.2 Å². The number of nitrogens with one attached hydrogen (secondary N) is 1. The average Bonchev–Trinajstić information content (AvgIpc) is 2.73. The highest BCUT2D eigenvalue weighted by atomic mass is 16.1. The minimum Gasteiger partial charge on any atom is -0.348 e. The molecule has 28 heavy (non-hydrogen) atoms. The van der Waals surface area contributed by atoms with Gasteiger partial charge in [0.05, 0.1) is 16.8 Å². The lowest BCUT2D eigenvalue weighted by Crippen LogP contribution is -2.23. The van der Waals surface area contributed by atoms with Gasteiger partial charge in [-0.3, -0.25) is 4.79 Å². The summed E-state index contributed by atoms with van der Waals surface area (Å²) in [6.45, 7) is 4.58. The Morgan fingerprint density at radius 1 is 0.893 bits per heavy atom. The molecule has 138 valence electrons. The molecule has 0 radical (unpaired) electrons. The highest BCUT2D eigenvalue weighted by molar-refractivity contribution is 6.08. The van der Waals surface area contributed by atoms with Crippen molar-refractivity contribution < 1.29 is 4.79 Å². The molecule has 0 fully saturated rings. The van der Waals surface area contributed by atoms with Crippen LogP contribution in [-0.4, -0.2) is 10.9 Å². The van der Waals surface area contributed by atoms with Gasteiger partial charge in [0.25, 0.3) is 5.91 Å². The smallest absolute Gasteiger partial charge is 0.252 e. The van der Waals surface area contributed by atoms with Gasteiger partial charge in [-0.05, 0) is 37.1 Å². The van der Waals surface area contributed by atoms with Crippen molar-refractivity contribution in [1.29, 1.82) is 0 Å². The number of benzene rings is 3. The van der Waals surface area contributed by atoms with E-state index in [1.54, 1.807) is 0 Å². The van der Waals surface area contributed by atoms with Crippen LogP contribution in [-0.2, 0) is 6.54 Å². The first kappa shape index (κ1) is 17.9. The number of carbonyl (C=O) groups excluding carboxylic acids is 1. The van der Waals surface area contributed by atoms with Gasteiger partial charge in [-0.1, -0.05) is 72.3 Å². The maximum Gasteiger partial charge on any atom is 0.252 e. The van der Waals surface area contributed by atoms with E-state index < -0.39 is 0 Å². The third-order valence-electron chi connectivity index (χ3n) is 4.86. The Morgan fingerprint density at radius 2 is 1.57 bits per heavy atom. The third-order valence-corrected chi connectivity index (χ3v) is 4.86. The first-order valence-corrected chi connectivity index (χ1v) is 9.41. The molecule has 0 saturated carbocycles. The molecule has 1 aromatic heterocycles. The van der Waals surface area contributed by atoms with Gasteiger partial charge in [0.1, 0.15) is 0 Å². The maximum absolute atomic E-state index is 13.1. The first-order chi connectivity index (χ1) is 13.6. The Bertz CT molecular complexity index is 1140. The van der Waals surface area contributed by atoms with Crippen LogP contribution in [0.5, 0.6) is 0 Å². The summed E-state index contributed by atoms with van der Waals surface area (Å²) in [4.78, 5) is 18.0. The van der Waals surface area contributed by atoms with Crippen LogP contribution < -0.4 is 5.32 Å². The van der Waals surface area contributed by atoms with E-state index >= 15 is 0 Å². The van der Waals surface area contributed by atoms with Gasteiger partial charge in [-0.15, -0.1) is 0 Å². The molecule has 3 aromatic carbocycles. The minimum absolute atomic E-state index is 0.0848. The number of fused-ring (bicyclic) bond motifs is 1. The van der Waals surface area contributed by atoms with Crippen LogP contribution in [0.1, 0.15) is 27.0 Å². The molecular formula is C25H22N2O. The molecule has 0 unspecified atom stereocenters. The molecule has 4 aromatic rings. The fourth-order valence-corrected chi connectivity index (χ4v) is 3.50. The van der Waals surface area contributed by atoms with Crippen molar-refractivity contribution in [3.63, 3.8) is 0 Å². The molecule has 0 spiro atoms. The summed E-state index contributed by atoms with van der Waals surface area (Å²) in [5.74, 6) is -0.0848. The molecule has 0 aliphatic heterocycles. The van der Waals surface area contributed by atoms with E-state index in [2.05, 4.69) is 11.4 Å². The van der Waals surface area contributed by atoms with E-state index in [0.717, 1.165) is 38.9 Å². The van der Waals surface area contributed by atoms with Gasteiger partial charge in [0.2, 0.25) is 0 Å². The molecule has 0 saturated heterocycles. The lowest BCUT2D eigenvalue weighted by Gasteiger charge is -2.13. The van der Waals surface area contributed by atoms with E-state index in [-0.39, 0.29) is 5.91 Å². The first-order valence-electron chi connectivity index (χ1n) is 9.41. The van der Waals surface area contributed by atoms with Crippen LogP contribution in [0.3, 0.4) is 0 Å². The number of rotatable bonds is 4. The fraction of sp³-hybridized carbons (Fsp3) is 0.120. The van der Waals surface area contributed by atoms with E-state index in [9.17, 15) is 4.79 Å². The van der Waals surface area contributed by atoms with Crippen molar-refractivity contribution in [1.82, 2.24) is 10.3 Å². The molecule has 0 bridgehead atoms. The predicted octanol–water partition coefficient (Wildman–Crippen LogP) is 5.45. The van der Waals surface area contributed by atoms with Crippen molar-refractivity contribution >= 4 is 16.8 Å². The predicted molar refractivity (Wildman–Crippen MR) is 114 cm³/mol. The van der Waals surface area contributed by atoms with Crippen molar-refractivity contribution in [2.45, 2.75) is 20.4 Å². The quantitative estimate of drug-likeness (QED) is 0.522. The second-order valence-corrected chi connectivity index (χ2v) is 7.07. The third kappa shape index (κ3) is 3.65. The number of hydrogen-bond donors (Lipinski definition) is 1. The number of nitrogens with zero attached hydrogens (tertiary/aromatic N) is 1. The topological polar surface area (TPSA) is 42.0 Å². The van der Waals surface area contributed by atoms with Gasteiger partial charge in [-0.2, -0.15) is 0 Å². The summed E-state index contributed by atoms with van der Waals surface area (Å²) in [5, 5.41) is 3.95. The van der Waals surface area contributed by atoms with Crippen LogP contribution in [0.15, 0.2) is 78.9 Å². The number of aryl methyl sites for hydroxylation is 2. The van der Waals surface area contributed by atoms with Gasteiger partial charge in [-0.25, -0.2) is 4.98 Å². The second-order valence-electron chi connectivity index (χ2n) is 7.07. The van der Waals surface area contributed by atoms with Crippen LogP contribution >= 0.6 is 0 Å². The summed E-state index contributed by atoms with van der Waals surface area (Å²) in [6.07, 6.45) is 0. The zero-order valence-electron chi connectivity index (χ0n) is 16.1. The van der Waals surface area contributed by atoms with Gasteiger partial charge >= 0.3 is 0 Å². The molecular weight excluding hydrogens is 344 g/mol. The van der Waals surface area contributed by atoms with Crippen molar-refractivity contribution in [3.8, 4) is 11.3 Å². The SMILES string of the molecule is Cc1cc(C)c2nc(-c3ccccc3)cc(C(=O)NCc3ccccc3)c2c1. The lowest BCUT2D eigenvalue weighted by atomic mass is 9.99. The zero-order chi connectivity index (χ0) is 19.5. The minimum atomic E-state index is -0.0848. The molecule has 0 atom stereocenters. The average molecular weight is 366 g/mol. The monoisotopic (exact) mass is 366 g/mol. The van der Waals surface area contributed by atoms with Gasteiger partial charge in [0.15, 0.2) is 0 Å². The highest BCUT2D eigenvalue weighted by Crippen LogP contribution is 2.28. The second kappa shape index (κ2) is 7.65. The van der Waals surface area contributed by atoms with Crippen LogP contribution in [0.2, 0.25) is 0 Å². The van der Waals surface area contributed by atoms with Crippen molar-refractivity contribution in [2.24, 2.45) is 0 Å². The molecule has 1 N–H and O–H groups in total. The summed E-state index contributed by atoms with van der Waals surface area (Å²) in [7, 11) is 0. The molecule has 3 heteroatoms. The number of carbonyl (C=O) groups is 1. The summed E-state index contributed by atoms with van der Waals surface area (Å²) in [5.41, 5.74) is 6.61. The molecule has 1 heterocycles. The summed E-state index contributed by atoms with van der Waals surface area (Å²) in [6, 6.07) is 26.0. The van der Waals surface area contributed by atoms with E-state index in [1.807, 2.05) is 86.6 Å². The highest BCUT2D eigenvalue weighted by Gasteiger charge is 2.15. The zero-order valence-corrected chi connectivity index (χ0v) is 16.1. The number of amides is 1. The molecule has 1 amide bonds. The molecule has 0 aliphatic carbocycles. The number of hydrogen-bond acceptors (Lipinski definition) is 2. The Labute approximate surface area is 165 Å². The van der Waals surface area contributed by atoms with Crippen LogP contribution in [0.4, 0.5) is 0 Å². The Balaban J connectivity index is 1.79. The van der Waals surface area contributed by atoms with E-state index in [4.69, 9.17) is 4.98 Å². The number of aromatic nitrogens is 1. The summed E-state index contributed by atoms with van der Waals surface area (Å²) < 4.78 is 0. The largest absolute Gasteiger partial charge is 0.348 e. The lowest BCUT2D eigenvalue weighted by molar-refractivity contribution is 0.0952. The molecule has 3 nitrogen and oxygen atoms in total. The number of pyridine rings is 1. The Hall–Kier alpha value is -3.46. The van der Waals surface area contributed by atoms with E-state index in [1.165, 1.54) is 0 Å². The molecule has 0 aliphatic rings. The Morgan fingerprint density at radius 3 is 2.29 bits per heavy atom. The normalized spacial score (nSPS) is 10.8. The fourth-order valence-electron chi connectivity index (χ4n) is 3.50. The van der Waals surface area contributed by atoms with Crippen molar-refractivity contribution in [2.75, 3.05) is 0 Å². The van der Waals surface area contributed by atoms with E-state index in [0.29, 0.717) is 12.1 Å². The standard InChI is InChI=1S/C25H22N2O/c1-17-13-18(2)24-21(14-17)22(15-23(27-24)20-11-7-4-8-12-20)25(28)26-16-19-9-5-3-6-10-19/h3-15H,16H2,1-2H3,(H,26,28).